The molecule has 1 saturated carbocycles. The number of carboxylic acids is 1. The Labute approximate surface area is 106 Å². The Morgan fingerprint density at radius 2 is 2.28 bits per heavy atom. The summed E-state index contributed by atoms with van der Waals surface area (Å²) in [4.78, 5) is 11.2. The van der Waals surface area contributed by atoms with E-state index in [1.165, 1.54) is 0 Å². The second-order valence-corrected chi connectivity index (χ2v) is 4.88. The van der Waals surface area contributed by atoms with Crippen LogP contribution in [0.15, 0.2) is 0 Å². The highest BCUT2D eigenvalue weighted by atomic mass is 16.4. The van der Waals surface area contributed by atoms with E-state index in [-0.39, 0.29) is 17.6 Å². The maximum Gasteiger partial charge on any atom is 0.341 e. The van der Waals surface area contributed by atoms with Crippen molar-refractivity contribution in [2.24, 2.45) is 13.0 Å². The Kier molecular flexibility index (Phi) is 3.56. The molecule has 2 rings (SSSR count). The van der Waals surface area contributed by atoms with E-state index in [4.69, 9.17) is 5.11 Å². The van der Waals surface area contributed by atoms with E-state index >= 15 is 0 Å². The SMILES string of the molecule is Cc1nn(C)c(NCC2CCCC2O)c1C(=O)O. The number of rotatable bonds is 4. The van der Waals surface area contributed by atoms with Gasteiger partial charge in [-0.1, -0.05) is 6.42 Å². The Morgan fingerprint density at radius 3 is 2.83 bits per heavy atom. The Balaban J connectivity index is 2.11. The number of hydrogen-bond acceptors (Lipinski definition) is 4. The van der Waals surface area contributed by atoms with Crippen LogP contribution in [-0.4, -0.2) is 38.6 Å². The molecule has 2 atom stereocenters. The van der Waals surface area contributed by atoms with Gasteiger partial charge in [0.2, 0.25) is 0 Å². The molecule has 2 unspecified atom stereocenters. The first-order valence-corrected chi connectivity index (χ1v) is 6.19. The number of carbonyl (C=O) groups is 1. The smallest absolute Gasteiger partial charge is 0.341 e. The fourth-order valence-corrected chi connectivity index (χ4v) is 2.60. The van der Waals surface area contributed by atoms with E-state index in [2.05, 4.69) is 10.4 Å². The molecule has 1 aromatic heterocycles. The molecule has 0 spiro atoms. The molecule has 0 aromatic carbocycles. The molecule has 0 amide bonds. The van der Waals surface area contributed by atoms with Crippen molar-refractivity contribution < 1.29 is 15.0 Å². The van der Waals surface area contributed by atoms with Crippen LogP contribution in [0.3, 0.4) is 0 Å². The van der Waals surface area contributed by atoms with Crippen molar-refractivity contribution in [2.45, 2.75) is 32.3 Å². The van der Waals surface area contributed by atoms with Gasteiger partial charge in [0.05, 0.1) is 11.8 Å². The zero-order valence-corrected chi connectivity index (χ0v) is 10.7. The van der Waals surface area contributed by atoms with Gasteiger partial charge >= 0.3 is 5.97 Å². The van der Waals surface area contributed by atoms with Crippen LogP contribution in [0.25, 0.3) is 0 Å². The van der Waals surface area contributed by atoms with Crippen molar-refractivity contribution in [3.05, 3.63) is 11.3 Å². The second kappa shape index (κ2) is 4.97. The highest BCUT2D eigenvalue weighted by Gasteiger charge is 2.26. The van der Waals surface area contributed by atoms with Gasteiger partial charge in [-0.2, -0.15) is 5.10 Å². The predicted octanol–water partition coefficient (Wildman–Crippen LogP) is 1.000. The van der Waals surface area contributed by atoms with E-state index in [0.29, 0.717) is 18.1 Å². The molecule has 1 aliphatic carbocycles. The fourth-order valence-electron chi connectivity index (χ4n) is 2.60. The molecular weight excluding hydrogens is 234 g/mol. The van der Waals surface area contributed by atoms with Crippen LogP contribution in [0.1, 0.15) is 35.3 Å². The molecule has 1 fully saturated rings. The molecule has 0 radical (unpaired) electrons. The number of aryl methyl sites for hydroxylation is 2. The quantitative estimate of drug-likeness (QED) is 0.745. The van der Waals surface area contributed by atoms with Crippen LogP contribution in [0, 0.1) is 12.8 Å². The zero-order chi connectivity index (χ0) is 13.3. The first kappa shape index (κ1) is 12.9. The molecule has 1 aliphatic rings. The number of hydrogen-bond donors (Lipinski definition) is 3. The Bertz CT molecular complexity index is 456. The summed E-state index contributed by atoms with van der Waals surface area (Å²) in [6.07, 6.45) is 2.57. The average molecular weight is 253 g/mol. The number of nitrogens with zero attached hydrogens (tertiary/aromatic N) is 2. The minimum Gasteiger partial charge on any atom is -0.477 e. The summed E-state index contributed by atoms with van der Waals surface area (Å²) >= 11 is 0. The highest BCUT2D eigenvalue weighted by molar-refractivity contribution is 5.94. The molecule has 0 aliphatic heterocycles. The molecule has 3 N–H and O–H groups in total. The third kappa shape index (κ3) is 2.33. The molecule has 1 aromatic rings. The lowest BCUT2D eigenvalue weighted by molar-refractivity contribution is 0.0697. The summed E-state index contributed by atoms with van der Waals surface area (Å²) in [5, 5.41) is 26.1. The average Bonchev–Trinajstić information content (AvgIpc) is 2.79. The van der Waals surface area contributed by atoms with Crippen molar-refractivity contribution in [2.75, 3.05) is 11.9 Å². The van der Waals surface area contributed by atoms with Gasteiger partial charge in [-0.15, -0.1) is 0 Å². The van der Waals surface area contributed by atoms with Gasteiger partial charge in [0.25, 0.3) is 0 Å². The number of aliphatic hydroxyl groups is 1. The number of aliphatic hydroxyl groups excluding tert-OH is 1. The van der Waals surface area contributed by atoms with Gasteiger partial charge in [0.1, 0.15) is 11.4 Å². The van der Waals surface area contributed by atoms with Gasteiger partial charge in [-0.3, -0.25) is 4.68 Å². The van der Waals surface area contributed by atoms with Crippen molar-refractivity contribution in [1.82, 2.24) is 9.78 Å². The van der Waals surface area contributed by atoms with E-state index in [1.54, 1.807) is 18.7 Å². The van der Waals surface area contributed by atoms with Crippen molar-refractivity contribution in [3.8, 4) is 0 Å². The second-order valence-electron chi connectivity index (χ2n) is 4.88. The normalized spacial score (nSPS) is 23.3. The van der Waals surface area contributed by atoms with Gasteiger partial charge < -0.3 is 15.5 Å². The lowest BCUT2D eigenvalue weighted by Crippen LogP contribution is -2.23. The van der Waals surface area contributed by atoms with E-state index < -0.39 is 5.97 Å². The Hall–Kier alpha value is -1.56. The van der Waals surface area contributed by atoms with E-state index in [9.17, 15) is 9.90 Å². The summed E-state index contributed by atoms with van der Waals surface area (Å²) in [6.45, 7) is 2.26. The zero-order valence-electron chi connectivity index (χ0n) is 10.7. The third-order valence-corrected chi connectivity index (χ3v) is 3.59. The summed E-state index contributed by atoms with van der Waals surface area (Å²) < 4.78 is 1.54. The molecule has 100 valence electrons. The third-order valence-electron chi connectivity index (χ3n) is 3.59. The van der Waals surface area contributed by atoms with E-state index in [1.807, 2.05) is 0 Å². The van der Waals surface area contributed by atoms with Crippen LogP contribution in [-0.2, 0) is 7.05 Å². The van der Waals surface area contributed by atoms with E-state index in [0.717, 1.165) is 19.3 Å². The fraction of sp³-hybridized carbons (Fsp3) is 0.667. The summed E-state index contributed by atoms with van der Waals surface area (Å²) in [7, 11) is 1.72. The Morgan fingerprint density at radius 1 is 1.56 bits per heavy atom. The monoisotopic (exact) mass is 253 g/mol. The van der Waals surface area contributed by atoms with Gasteiger partial charge in [0.15, 0.2) is 0 Å². The first-order chi connectivity index (χ1) is 8.50. The highest BCUT2D eigenvalue weighted by Crippen LogP contribution is 2.26. The number of anilines is 1. The molecule has 6 nitrogen and oxygen atoms in total. The van der Waals surface area contributed by atoms with Crippen LogP contribution in [0.5, 0.6) is 0 Å². The maximum atomic E-state index is 11.2. The summed E-state index contributed by atoms with van der Waals surface area (Å²) in [6, 6.07) is 0. The summed E-state index contributed by atoms with van der Waals surface area (Å²) in [5.74, 6) is -0.268. The van der Waals surface area contributed by atoms with Crippen LogP contribution < -0.4 is 5.32 Å². The molecule has 0 bridgehead atoms. The van der Waals surface area contributed by atoms with Crippen molar-refractivity contribution >= 4 is 11.8 Å². The standard InChI is InChI=1S/C12H19N3O3/c1-7-10(12(17)18)11(15(2)14-7)13-6-8-4-3-5-9(8)16/h8-9,13,16H,3-6H2,1-2H3,(H,17,18). The van der Waals surface area contributed by atoms with Gasteiger partial charge in [0, 0.05) is 19.5 Å². The van der Waals surface area contributed by atoms with Crippen LogP contribution in [0.2, 0.25) is 0 Å². The lowest BCUT2D eigenvalue weighted by atomic mass is 10.1. The molecule has 0 saturated heterocycles. The van der Waals surface area contributed by atoms with Gasteiger partial charge in [-0.25, -0.2) is 4.79 Å². The topological polar surface area (TPSA) is 87.4 Å². The first-order valence-electron chi connectivity index (χ1n) is 6.19. The number of aromatic carboxylic acids is 1. The molecule has 18 heavy (non-hydrogen) atoms. The predicted molar refractivity (Wildman–Crippen MR) is 66.7 cm³/mol. The number of nitrogens with one attached hydrogen (secondary N) is 1. The van der Waals surface area contributed by atoms with Crippen molar-refractivity contribution in [3.63, 3.8) is 0 Å². The minimum absolute atomic E-state index is 0.196. The van der Waals surface area contributed by atoms with Crippen molar-refractivity contribution in [1.29, 1.82) is 0 Å². The number of aromatic nitrogens is 2. The largest absolute Gasteiger partial charge is 0.477 e. The van der Waals surface area contributed by atoms with Gasteiger partial charge in [-0.05, 0) is 19.8 Å². The maximum absolute atomic E-state index is 11.2. The number of carboxylic acid groups (broad SMARTS) is 1. The molecule has 6 heteroatoms. The summed E-state index contributed by atoms with van der Waals surface area (Å²) in [5.41, 5.74) is 0.712. The lowest BCUT2D eigenvalue weighted by Gasteiger charge is -2.16. The molecular formula is C12H19N3O3. The molecule has 1 heterocycles. The van der Waals surface area contributed by atoms with Crippen LogP contribution in [0.4, 0.5) is 5.82 Å². The van der Waals surface area contributed by atoms with Crippen LogP contribution >= 0.6 is 0 Å². The minimum atomic E-state index is -0.977.